The van der Waals surface area contributed by atoms with Gasteiger partial charge in [0.1, 0.15) is 6.04 Å². The number of likely N-dealkylation sites (N-methyl/N-ethyl adjacent to an activating group) is 1. The molecule has 0 fully saturated rings. The fourth-order valence-electron chi connectivity index (χ4n) is 2.39. The SMILES string of the molecule is COC(=O)[C@@H](Cc1c[nH]c2ccccc12)NC(=O)C(C)(C)N(C)C. The highest BCUT2D eigenvalue weighted by Crippen LogP contribution is 2.20. The van der Waals surface area contributed by atoms with E-state index in [2.05, 4.69) is 10.3 Å². The van der Waals surface area contributed by atoms with Crippen LogP contribution in [0.25, 0.3) is 10.9 Å². The van der Waals surface area contributed by atoms with E-state index in [9.17, 15) is 9.59 Å². The second-order valence-corrected chi connectivity index (χ2v) is 6.57. The fourth-order valence-corrected chi connectivity index (χ4v) is 2.39. The van der Waals surface area contributed by atoms with Crippen LogP contribution in [0.3, 0.4) is 0 Å². The molecule has 0 aliphatic rings. The number of hydrogen-bond donors (Lipinski definition) is 2. The van der Waals surface area contributed by atoms with Gasteiger partial charge in [-0.05, 0) is 39.6 Å². The third kappa shape index (κ3) is 3.59. The Hall–Kier alpha value is -2.34. The zero-order valence-corrected chi connectivity index (χ0v) is 14.8. The number of fused-ring (bicyclic) bond motifs is 1. The molecule has 0 spiro atoms. The number of aromatic amines is 1. The molecule has 1 atom stereocenters. The lowest BCUT2D eigenvalue weighted by molar-refractivity contribution is -0.146. The number of ether oxygens (including phenoxy) is 1. The van der Waals surface area contributed by atoms with Crippen LogP contribution in [0.2, 0.25) is 0 Å². The van der Waals surface area contributed by atoms with Crippen molar-refractivity contribution in [2.45, 2.75) is 31.8 Å². The molecule has 6 heteroatoms. The summed E-state index contributed by atoms with van der Waals surface area (Å²) in [5.74, 6) is -0.675. The largest absolute Gasteiger partial charge is 0.467 e. The molecule has 1 aromatic heterocycles. The van der Waals surface area contributed by atoms with Gasteiger partial charge in [-0.2, -0.15) is 0 Å². The number of nitrogens with zero attached hydrogens (tertiary/aromatic N) is 1. The number of carbonyl (C=O) groups is 2. The van der Waals surface area contributed by atoms with Crippen molar-refractivity contribution < 1.29 is 14.3 Å². The number of H-pyrrole nitrogens is 1. The number of aromatic nitrogens is 1. The van der Waals surface area contributed by atoms with Gasteiger partial charge in [0, 0.05) is 23.5 Å². The third-order valence-electron chi connectivity index (χ3n) is 4.56. The van der Waals surface area contributed by atoms with Gasteiger partial charge in [0.25, 0.3) is 0 Å². The minimum absolute atomic E-state index is 0.220. The number of methoxy groups -OCH3 is 1. The number of esters is 1. The van der Waals surface area contributed by atoms with Crippen LogP contribution in [0.5, 0.6) is 0 Å². The zero-order chi connectivity index (χ0) is 17.9. The van der Waals surface area contributed by atoms with E-state index in [0.29, 0.717) is 6.42 Å². The van der Waals surface area contributed by atoms with Crippen LogP contribution in [0.15, 0.2) is 30.5 Å². The maximum Gasteiger partial charge on any atom is 0.328 e. The highest BCUT2D eigenvalue weighted by Gasteiger charge is 2.33. The van der Waals surface area contributed by atoms with Crippen molar-refractivity contribution in [2.24, 2.45) is 0 Å². The van der Waals surface area contributed by atoms with Crippen molar-refractivity contribution in [3.05, 3.63) is 36.0 Å². The molecular weight excluding hydrogens is 306 g/mol. The zero-order valence-electron chi connectivity index (χ0n) is 14.8. The molecule has 2 N–H and O–H groups in total. The van der Waals surface area contributed by atoms with Crippen molar-refractivity contribution in [3.63, 3.8) is 0 Å². The van der Waals surface area contributed by atoms with E-state index in [1.54, 1.807) is 0 Å². The Labute approximate surface area is 142 Å². The van der Waals surface area contributed by atoms with Crippen LogP contribution in [-0.2, 0) is 20.7 Å². The number of nitrogens with one attached hydrogen (secondary N) is 2. The molecule has 1 amide bonds. The highest BCUT2D eigenvalue weighted by atomic mass is 16.5. The van der Waals surface area contributed by atoms with Gasteiger partial charge in [-0.25, -0.2) is 4.79 Å². The monoisotopic (exact) mass is 331 g/mol. The van der Waals surface area contributed by atoms with Gasteiger partial charge < -0.3 is 15.0 Å². The van der Waals surface area contributed by atoms with Gasteiger partial charge in [-0.15, -0.1) is 0 Å². The minimum atomic E-state index is -0.735. The molecule has 0 unspecified atom stereocenters. The average molecular weight is 331 g/mol. The number of rotatable bonds is 6. The summed E-state index contributed by atoms with van der Waals surface area (Å²) in [4.78, 5) is 29.7. The van der Waals surface area contributed by atoms with E-state index < -0.39 is 17.6 Å². The molecule has 1 aromatic carbocycles. The lowest BCUT2D eigenvalue weighted by Crippen LogP contribution is -2.56. The second kappa shape index (κ2) is 7.05. The van der Waals surface area contributed by atoms with Crippen LogP contribution < -0.4 is 5.32 Å². The number of amides is 1. The third-order valence-corrected chi connectivity index (χ3v) is 4.56. The fraction of sp³-hybridized carbons (Fsp3) is 0.444. The molecule has 0 saturated heterocycles. The molecule has 130 valence electrons. The van der Waals surface area contributed by atoms with E-state index in [1.807, 2.05) is 63.3 Å². The average Bonchev–Trinajstić information content (AvgIpc) is 2.96. The molecule has 0 aliphatic carbocycles. The lowest BCUT2D eigenvalue weighted by Gasteiger charge is -2.32. The Bertz CT molecular complexity index is 734. The summed E-state index contributed by atoms with van der Waals surface area (Å²) in [6.07, 6.45) is 2.23. The van der Waals surface area contributed by atoms with E-state index in [1.165, 1.54) is 7.11 Å². The normalized spacial score (nSPS) is 13.1. The molecule has 2 rings (SSSR count). The Balaban J connectivity index is 2.23. The van der Waals surface area contributed by atoms with E-state index in [-0.39, 0.29) is 5.91 Å². The summed E-state index contributed by atoms with van der Waals surface area (Å²) in [6, 6.07) is 7.12. The lowest BCUT2D eigenvalue weighted by atomic mass is 10.00. The number of para-hydroxylation sites is 1. The van der Waals surface area contributed by atoms with Crippen LogP contribution in [-0.4, -0.2) is 54.5 Å². The summed E-state index contributed by atoms with van der Waals surface area (Å²) in [6.45, 7) is 3.62. The first kappa shape index (κ1) is 18.0. The van der Waals surface area contributed by atoms with Crippen LogP contribution in [0.4, 0.5) is 0 Å². The Morgan fingerprint density at radius 1 is 1.29 bits per heavy atom. The molecule has 24 heavy (non-hydrogen) atoms. The first-order chi connectivity index (χ1) is 11.3. The van der Waals surface area contributed by atoms with Crippen LogP contribution in [0, 0.1) is 0 Å². The van der Waals surface area contributed by atoms with Crippen molar-refractivity contribution in [1.29, 1.82) is 0 Å². The van der Waals surface area contributed by atoms with E-state index in [4.69, 9.17) is 4.74 Å². The van der Waals surface area contributed by atoms with Gasteiger partial charge in [0.15, 0.2) is 0 Å². The smallest absolute Gasteiger partial charge is 0.328 e. The quantitative estimate of drug-likeness (QED) is 0.790. The number of benzene rings is 1. The molecule has 2 aromatic rings. The van der Waals surface area contributed by atoms with Gasteiger partial charge in [0.05, 0.1) is 12.6 Å². The summed E-state index contributed by atoms with van der Waals surface area (Å²) in [5, 5.41) is 3.86. The molecule has 6 nitrogen and oxygen atoms in total. The van der Waals surface area contributed by atoms with Gasteiger partial charge >= 0.3 is 5.97 Å². The predicted molar refractivity (Wildman–Crippen MR) is 93.7 cm³/mol. The Morgan fingerprint density at radius 2 is 1.96 bits per heavy atom. The number of hydrogen-bond acceptors (Lipinski definition) is 4. The first-order valence-electron chi connectivity index (χ1n) is 7.88. The second-order valence-electron chi connectivity index (χ2n) is 6.57. The van der Waals surface area contributed by atoms with E-state index >= 15 is 0 Å². The van der Waals surface area contributed by atoms with Crippen molar-refractivity contribution in [1.82, 2.24) is 15.2 Å². The van der Waals surface area contributed by atoms with Gasteiger partial charge in [0.2, 0.25) is 5.91 Å². The van der Waals surface area contributed by atoms with Crippen LogP contribution >= 0.6 is 0 Å². The topological polar surface area (TPSA) is 74.4 Å². The summed E-state index contributed by atoms with van der Waals surface area (Å²) >= 11 is 0. The maximum absolute atomic E-state index is 12.6. The van der Waals surface area contributed by atoms with Gasteiger partial charge in [-0.1, -0.05) is 18.2 Å². The molecule has 0 saturated carbocycles. The Morgan fingerprint density at radius 3 is 2.58 bits per heavy atom. The standard InChI is InChI=1S/C18H25N3O3/c1-18(2,21(3)4)17(23)20-15(16(22)24-5)10-12-11-19-14-9-7-6-8-13(12)14/h6-9,11,15,19H,10H2,1-5H3,(H,20,23)/t15-/m1/s1. The minimum Gasteiger partial charge on any atom is -0.467 e. The maximum atomic E-state index is 12.6. The highest BCUT2D eigenvalue weighted by molar-refractivity contribution is 5.91. The summed E-state index contributed by atoms with van der Waals surface area (Å²) in [5.41, 5.74) is 1.23. The molecule has 0 radical (unpaired) electrons. The van der Waals surface area contributed by atoms with Crippen LogP contribution in [0.1, 0.15) is 19.4 Å². The predicted octanol–water partition coefficient (Wildman–Crippen LogP) is 1.71. The van der Waals surface area contributed by atoms with Gasteiger partial charge in [-0.3, -0.25) is 9.69 Å². The summed E-state index contributed by atoms with van der Waals surface area (Å²) < 4.78 is 4.87. The van der Waals surface area contributed by atoms with Crippen molar-refractivity contribution in [3.8, 4) is 0 Å². The molecular formula is C18H25N3O3. The molecule has 0 aliphatic heterocycles. The summed E-state index contributed by atoms with van der Waals surface area (Å²) in [7, 11) is 4.98. The molecule has 0 bridgehead atoms. The first-order valence-corrected chi connectivity index (χ1v) is 7.88. The van der Waals surface area contributed by atoms with Crippen molar-refractivity contribution in [2.75, 3.05) is 21.2 Å². The van der Waals surface area contributed by atoms with E-state index in [0.717, 1.165) is 16.5 Å². The Kier molecular flexibility index (Phi) is 5.29. The van der Waals surface area contributed by atoms with Crippen molar-refractivity contribution >= 4 is 22.8 Å². The molecule has 1 heterocycles. The number of carbonyl (C=O) groups excluding carboxylic acids is 2.